The second-order valence-corrected chi connectivity index (χ2v) is 8.10. The molecule has 2 aromatic carbocycles. The average molecular weight is 409 g/mol. The van der Waals surface area contributed by atoms with E-state index in [-0.39, 0.29) is 11.9 Å². The highest BCUT2D eigenvalue weighted by Gasteiger charge is 2.29. The molecule has 29 heavy (non-hydrogen) atoms. The number of fused-ring (bicyclic) bond motifs is 1. The van der Waals surface area contributed by atoms with E-state index in [2.05, 4.69) is 6.07 Å². The van der Waals surface area contributed by atoms with E-state index in [0.717, 1.165) is 41.9 Å². The number of carbonyl (C=O) groups excluding carboxylic acids is 1. The molecule has 1 aliphatic heterocycles. The number of methoxy groups -OCH3 is 2. The summed E-state index contributed by atoms with van der Waals surface area (Å²) >= 11 is 1.69. The molecule has 1 unspecified atom stereocenters. The smallest absolute Gasteiger partial charge is 0.247 e. The number of rotatable bonds is 5. The first-order valence-corrected chi connectivity index (χ1v) is 10.6. The normalized spacial score (nSPS) is 17.0. The molecule has 1 amide bonds. The van der Waals surface area contributed by atoms with Gasteiger partial charge in [-0.15, -0.1) is 11.3 Å². The van der Waals surface area contributed by atoms with Crippen molar-refractivity contribution in [3.63, 3.8) is 0 Å². The largest absolute Gasteiger partial charge is 0.497 e. The third kappa shape index (κ3) is 4.27. The van der Waals surface area contributed by atoms with E-state index < -0.39 is 0 Å². The van der Waals surface area contributed by atoms with Gasteiger partial charge in [-0.2, -0.15) is 0 Å². The summed E-state index contributed by atoms with van der Waals surface area (Å²) in [5, 5.41) is 1.02. The fourth-order valence-corrected chi connectivity index (χ4v) is 4.79. The monoisotopic (exact) mass is 408 g/mol. The Morgan fingerprint density at radius 3 is 2.62 bits per heavy atom. The third-order valence-electron chi connectivity index (χ3n) is 5.17. The van der Waals surface area contributed by atoms with Crippen LogP contribution in [0.25, 0.3) is 16.3 Å². The number of ether oxygens (including phenoxy) is 2. The van der Waals surface area contributed by atoms with Gasteiger partial charge in [-0.05, 0) is 55.2 Å². The average Bonchev–Trinajstić information content (AvgIpc) is 3.21. The maximum atomic E-state index is 13.0. The van der Waals surface area contributed by atoms with Crippen LogP contribution in [0, 0.1) is 0 Å². The summed E-state index contributed by atoms with van der Waals surface area (Å²) in [4.78, 5) is 19.8. The molecule has 1 aliphatic rings. The predicted octanol–water partition coefficient (Wildman–Crippen LogP) is 5.08. The van der Waals surface area contributed by atoms with E-state index in [4.69, 9.17) is 14.5 Å². The highest BCUT2D eigenvalue weighted by Crippen LogP contribution is 2.35. The van der Waals surface area contributed by atoms with Crippen molar-refractivity contribution in [2.75, 3.05) is 20.8 Å². The van der Waals surface area contributed by atoms with Crippen molar-refractivity contribution in [2.24, 2.45) is 0 Å². The molecule has 0 spiro atoms. The number of carbonyl (C=O) groups is 1. The van der Waals surface area contributed by atoms with Crippen LogP contribution in [0.5, 0.6) is 11.5 Å². The van der Waals surface area contributed by atoms with E-state index >= 15 is 0 Å². The van der Waals surface area contributed by atoms with Crippen LogP contribution in [0.2, 0.25) is 0 Å². The molecule has 0 radical (unpaired) electrons. The molecule has 2 heterocycles. The van der Waals surface area contributed by atoms with Crippen LogP contribution in [0.15, 0.2) is 48.5 Å². The summed E-state index contributed by atoms with van der Waals surface area (Å²) in [6, 6.07) is 13.8. The molecule has 0 N–H and O–H groups in total. The Labute approximate surface area is 174 Å². The van der Waals surface area contributed by atoms with Gasteiger partial charge in [0.15, 0.2) is 0 Å². The summed E-state index contributed by atoms with van der Waals surface area (Å²) in [7, 11) is 3.23. The molecule has 150 valence electrons. The maximum Gasteiger partial charge on any atom is 0.247 e. The molecule has 0 aliphatic carbocycles. The fraction of sp³-hybridized carbons (Fsp3) is 0.304. The molecule has 0 bridgehead atoms. The molecule has 4 rings (SSSR count). The summed E-state index contributed by atoms with van der Waals surface area (Å²) in [5.74, 6) is 1.40. The molecule has 1 fully saturated rings. The number of amides is 1. The van der Waals surface area contributed by atoms with Crippen molar-refractivity contribution in [2.45, 2.75) is 25.3 Å². The second kappa shape index (κ2) is 8.66. The molecule has 5 nitrogen and oxygen atoms in total. The van der Waals surface area contributed by atoms with E-state index in [0.29, 0.717) is 11.5 Å². The van der Waals surface area contributed by atoms with E-state index in [1.807, 2.05) is 47.4 Å². The number of benzene rings is 2. The predicted molar refractivity (Wildman–Crippen MR) is 117 cm³/mol. The van der Waals surface area contributed by atoms with Gasteiger partial charge in [-0.25, -0.2) is 4.98 Å². The van der Waals surface area contributed by atoms with Crippen molar-refractivity contribution in [3.8, 4) is 11.5 Å². The van der Waals surface area contributed by atoms with Crippen LogP contribution >= 0.6 is 11.3 Å². The standard InChI is InChI=1S/C23H24N2O3S/c1-27-17-13-16(14-18(15-17)28-2)10-11-22(26)25-12-6-5-8-20(25)23-24-19-7-3-4-9-21(19)29-23/h3-4,7,9-11,13-15,20H,5-6,8,12H2,1-2H3/b11-10+. The van der Waals surface area contributed by atoms with Crippen LogP contribution in [-0.2, 0) is 4.79 Å². The summed E-state index contributed by atoms with van der Waals surface area (Å²) < 4.78 is 11.8. The number of thiazole rings is 1. The molecule has 1 aromatic heterocycles. The van der Waals surface area contributed by atoms with Gasteiger partial charge in [0.05, 0.1) is 30.5 Å². The van der Waals surface area contributed by atoms with Crippen molar-refractivity contribution in [1.82, 2.24) is 9.88 Å². The zero-order valence-electron chi connectivity index (χ0n) is 16.6. The Morgan fingerprint density at radius 2 is 1.90 bits per heavy atom. The van der Waals surface area contributed by atoms with Crippen molar-refractivity contribution in [1.29, 1.82) is 0 Å². The van der Waals surface area contributed by atoms with Gasteiger partial charge in [-0.3, -0.25) is 4.79 Å². The molecule has 1 saturated heterocycles. The number of piperidine rings is 1. The van der Waals surface area contributed by atoms with Crippen LogP contribution in [0.3, 0.4) is 0 Å². The first kappa shape index (κ1) is 19.5. The molecular weight excluding hydrogens is 384 g/mol. The molecule has 3 aromatic rings. The first-order valence-electron chi connectivity index (χ1n) is 9.75. The lowest BCUT2D eigenvalue weighted by Gasteiger charge is -2.33. The number of hydrogen-bond acceptors (Lipinski definition) is 5. The zero-order valence-corrected chi connectivity index (χ0v) is 17.4. The minimum absolute atomic E-state index is 0.00995. The number of nitrogens with zero attached hydrogens (tertiary/aromatic N) is 2. The Kier molecular flexibility index (Phi) is 5.81. The Bertz CT molecular complexity index is 988. The highest BCUT2D eigenvalue weighted by molar-refractivity contribution is 7.18. The molecule has 1 atom stereocenters. The van der Waals surface area contributed by atoms with Gasteiger partial charge in [0.2, 0.25) is 5.91 Å². The lowest BCUT2D eigenvalue weighted by Crippen LogP contribution is -2.37. The van der Waals surface area contributed by atoms with Gasteiger partial charge >= 0.3 is 0 Å². The quantitative estimate of drug-likeness (QED) is 0.553. The van der Waals surface area contributed by atoms with Gasteiger partial charge in [-0.1, -0.05) is 12.1 Å². The number of hydrogen-bond donors (Lipinski definition) is 0. The van der Waals surface area contributed by atoms with Gasteiger partial charge < -0.3 is 14.4 Å². The van der Waals surface area contributed by atoms with Crippen LogP contribution < -0.4 is 9.47 Å². The maximum absolute atomic E-state index is 13.0. The zero-order chi connectivity index (χ0) is 20.2. The van der Waals surface area contributed by atoms with E-state index in [1.54, 1.807) is 31.6 Å². The second-order valence-electron chi connectivity index (χ2n) is 7.04. The van der Waals surface area contributed by atoms with Crippen LogP contribution in [0.4, 0.5) is 0 Å². The highest BCUT2D eigenvalue weighted by atomic mass is 32.1. The summed E-state index contributed by atoms with van der Waals surface area (Å²) in [6.07, 6.45) is 6.54. The number of aromatic nitrogens is 1. The van der Waals surface area contributed by atoms with Crippen molar-refractivity contribution in [3.05, 3.63) is 59.1 Å². The van der Waals surface area contributed by atoms with Gasteiger partial charge in [0.1, 0.15) is 16.5 Å². The Morgan fingerprint density at radius 1 is 1.14 bits per heavy atom. The Balaban J connectivity index is 1.57. The van der Waals surface area contributed by atoms with Crippen LogP contribution in [-0.4, -0.2) is 36.6 Å². The molecular formula is C23H24N2O3S. The Hall–Kier alpha value is -2.86. The van der Waals surface area contributed by atoms with Crippen LogP contribution in [0.1, 0.15) is 35.9 Å². The van der Waals surface area contributed by atoms with Gasteiger partial charge in [0, 0.05) is 18.7 Å². The number of para-hydroxylation sites is 1. The van der Waals surface area contributed by atoms with Gasteiger partial charge in [0.25, 0.3) is 0 Å². The first-order chi connectivity index (χ1) is 14.2. The summed E-state index contributed by atoms with van der Waals surface area (Å²) in [5.41, 5.74) is 1.87. The van der Waals surface area contributed by atoms with Crippen molar-refractivity contribution < 1.29 is 14.3 Å². The molecule has 0 saturated carbocycles. The summed E-state index contributed by atoms with van der Waals surface area (Å²) in [6.45, 7) is 0.755. The lowest BCUT2D eigenvalue weighted by molar-refractivity contribution is -0.129. The fourth-order valence-electron chi connectivity index (χ4n) is 3.67. The lowest BCUT2D eigenvalue weighted by atomic mass is 10.0. The minimum Gasteiger partial charge on any atom is -0.497 e. The van der Waals surface area contributed by atoms with E-state index in [9.17, 15) is 4.79 Å². The topological polar surface area (TPSA) is 51.7 Å². The molecule has 6 heteroatoms. The third-order valence-corrected chi connectivity index (χ3v) is 6.31. The van der Waals surface area contributed by atoms with E-state index in [1.165, 1.54) is 4.70 Å². The SMILES string of the molecule is COc1cc(/C=C/C(=O)N2CCCCC2c2nc3ccccc3s2)cc(OC)c1. The van der Waals surface area contributed by atoms with Crippen molar-refractivity contribution >= 4 is 33.5 Å². The minimum atomic E-state index is 0.00995. The number of likely N-dealkylation sites (tertiary alicyclic amines) is 1.